The lowest BCUT2D eigenvalue weighted by Crippen LogP contribution is -2.31. The minimum Gasteiger partial charge on any atom is -0.385 e. The highest BCUT2D eigenvalue weighted by molar-refractivity contribution is 5.16. The molecule has 0 amide bonds. The van der Waals surface area contributed by atoms with Crippen molar-refractivity contribution in [2.45, 2.75) is 25.5 Å². The molecular formula is C16H21N3O. The maximum absolute atomic E-state index is 10.6. The van der Waals surface area contributed by atoms with Gasteiger partial charge in [-0.2, -0.15) is 0 Å². The van der Waals surface area contributed by atoms with Gasteiger partial charge in [-0.05, 0) is 37.4 Å². The van der Waals surface area contributed by atoms with Crippen LogP contribution >= 0.6 is 0 Å². The van der Waals surface area contributed by atoms with Crippen LogP contribution in [0, 0.1) is 5.92 Å². The SMILES string of the molecule is OC(c1nccn1Cc1ccccc1)C1CCNCC1. The monoisotopic (exact) mass is 271 g/mol. The summed E-state index contributed by atoms with van der Waals surface area (Å²) in [4.78, 5) is 4.38. The molecule has 1 unspecified atom stereocenters. The predicted octanol–water partition coefficient (Wildman–Crippen LogP) is 1.96. The van der Waals surface area contributed by atoms with E-state index in [0.717, 1.165) is 38.3 Å². The zero-order valence-electron chi connectivity index (χ0n) is 11.6. The van der Waals surface area contributed by atoms with Crippen molar-refractivity contribution in [1.29, 1.82) is 0 Å². The molecule has 0 aliphatic carbocycles. The number of aliphatic hydroxyl groups is 1. The molecule has 1 fully saturated rings. The minimum absolute atomic E-state index is 0.313. The molecule has 2 N–H and O–H groups in total. The Morgan fingerprint density at radius 2 is 2.00 bits per heavy atom. The first-order valence-corrected chi connectivity index (χ1v) is 7.28. The maximum Gasteiger partial charge on any atom is 0.138 e. The molecule has 0 saturated carbocycles. The molecule has 4 nitrogen and oxygen atoms in total. The number of rotatable bonds is 4. The van der Waals surface area contributed by atoms with Gasteiger partial charge in [-0.3, -0.25) is 0 Å². The first-order chi connectivity index (χ1) is 9.84. The van der Waals surface area contributed by atoms with Crippen molar-refractivity contribution >= 4 is 0 Å². The second-order valence-electron chi connectivity index (χ2n) is 5.43. The van der Waals surface area contributed by atoms with Gasteiger partial charge in [-0.15, -0.1) is 0 Å². The van der Waals surface area contributed by atoms with Crippen LogP contribution in [0.5, 0.6) is 0 Å². The van der Waals surface area contributed by atoms with Crippen LogP contribution in [0.25, 0.3) is 0 Å². The maximum atomic E-state index is 10.6. The lowest BCUT2D eigenvalue weighted by atomic mass is 9.91. The molecule has 1 aromatic carbocycles. The van der Waals surface area contributed by atoms with Gasteiger partial charge in [0.15, 0.2) is 0 Å². The highest BCUT2D eigenvalue weighted by atomic mass is 16.3. The summed E-state index contributed by atoms with van der Waals surface area (Å²) in [7, 11) is 0. The van der Waals surface area contributed by atoms with E-state index in [4.69, 9.17) is 0 Å². The molecule has 2 heterocycles. The molecule has 1 saturated heterocycles. The van der Waals surface area contributed by atoms with Crippen LogP contribution in [-0.4, -0.2) is 27.7 Å². The lowest BCUT2D eigenvalue weighted by Gasteiger charge is -2.27. The van der Waals surface area contributed by atoms with Crippen LogP contribution in [0.15, 0.2) is 42.7 Å². The number of imidazole rings is 1. The van der Waals surface area contributed by atoms with Crippen LogP contribution in [0.1, 0.15) is 30.3 Å². The molecule has 0 spiro atoms. The van der Waals surface area contributed by atoms with E-state index < -0.39 is 6.10 Å². The molecule has 1 aliphatic rings. The number of nitrogens with one attached hydrogen (secondary N) is 1. The van der Waals surface area contributed by atoms with Crippen molar-refractivity contribution in [1.82, 2.24) is 14.9 Å². The van der Waals surface area contributed by atoms with Crippen LogP contribution < -0.4 is 5.32 Å². The fourth-order valence-corrected chi connectivity index (χ4v) is 2.87. The van der Waals surface area contributed by atoms with Gasteiger partial charge in [-0.25, -0.2) is 4.98 Å². The molecule has 2 aromatic rings. The van der Waals surface area contributed by atoms with Crippen molar-refractivity contribution in [3.63, 3.8) is 0 Å². The second-order valence-corrected chi connectivity index (χ2v) is 5.43. The lowest BCUT2D eigenvalue weighted by molar-refractivity contribution is 0.0782. The largest absolute Gasteiger partial charge is 0.385 e. The number of aromatic nitrogens is 2. The fraction of sp³-hybridized carbons (Fsp3) is 0.438. The normalized spacial score (nSPS) is 18.1. The first-order valence-electron chi connectivity index (χ1n) is 7.28. The van der Waals surface area contributed by atoms with E-state index in [1.807, 2.05) is 24.4 Å². The van der Waals surface area contributed by atoms with Gasteiger partial charge in [-0.1, -0.05) is 30.3 Å². The van der Waals surface area contributed by atoms with Gasteiger partial charge in [0.25, 0.3) is 0 Å². The van der Waals surface area contributed by atoms with Gasteiger partial charge < -0.3 is 15.0 Å². The number of nitrogens with zero attached hydrogens (tertiary/aromatic N) is 2. The molecule has 20 heavy (non-hydrogen) atoms. The second kappa shape index (κ2) is 6.20. The van der Waals surface area contributed by atoms with Crippen LogP contribution in [-0.2, 0) is 6.54 Å². The van der Waals surface area contributed by atoms with E-state index in [1.165, 1.54) is 5.56 Å². The van der Waals surface area contributed by atoms with E-state index in [1.54, 1.807) is 6.20 Å². The highest BCUT2D eigenvalue weighted by Crippen LogP contribution is 2.27. The highest BCUT2D eigenvalue weighted by Gasteiger charge is 2.26. The fourth-order valence-electron chi connectivity index (χ4n) is 2.87. The van der Waals surface area contributed by atoms with Crippen LogP contribution in [0.2, 0.25) is 0 Å². The van der Waals surface area contributed by atoms with Crippen molar-refractivity contribution in [3.8, 4) is 0 Å². The van der Waals surface area contributed by atoms with Gasteiger partial charge in [0.2, 0.25) is 0 Å². The molecule has 1 atom stereocenters. The Balaban J connectivity index is 1.75. The molecule has 0 bridgehead atoms. The van der Waals surface area contributed by atoms with Gasteiger partial charge in [0.1, 0.15) is 11.9 Å². The van der Waals surface area contributed by atoms with Crippen molar-refractivity contribution < 1.29 is 5.11 Å². The summed E-state index contributed by atoms with van der Waals surface area (Å²) in [5.41, 5.74) is 1.23. The molecular weight excluding hydrogens is 250 g/mol. The summed E-state index contributed by atoms with van der Waals surface area (Å²) in [6.07, 6.45) is 5.30. The first kappa shape index (κ1) is 13.3. The van der Waals surface area contributed by atoms with Crippen molar-refractivity contribution in [2.24, 2.45) is 5.92 Å². The standard InChI is InChI=1S/C16H21N3O/c20-15(14-6-8-17-9-7-14)16-18-10-11-19(16)12-13-4-2-1-3-5-13/h1-5,10-11,14-15,17,20H,6-9,12H2. The summed E-state index contributed by atoms with van der Waals surface area (Å²) >= 11 is 0. The van der Waals surface area contributed by atoms with Gasteiger partial charge in [0.05, 0.1) is 0 Å². The molecule has 0 radical (unpaired) electrons. The Morgan fingerprint density at radius 1 is 1.25 bits per heavy atom. The zero-order valence-corrected chi connectivity index (χ0v) is 11.6. The summed E-state index contributed by atoms with van der Waals surface area (Å²) < 4.78 is 2.06. The average molecular weight is 271 g/mol. The smallest absolute Gasteiger partial charge is 0.138 e. The summed E-state index contributed by atoms with van der Waals surface area (Å²) in [5, 5.41) is 13.9. The Hall–Kier alpha value is -1.65. The Labute approximate surface area is 119 Å². The molecule has 3 rings (SSSR count). The number of hydrogen-bond donors (Lipinski definition) is 2. The molecule has 1 aromatic heterocycles. The number of piperidine rings is 1. The number of benzene rings is 1. The van der Waals surface area contributed by atoms with E-state index in [0.29, 0.717) is 5.92 Å². The number of hydrogen-bond acceptors (Lipinski definition) is 3. The van der Waals surface area contributed by atoms with E-state index in [2.05, 4.69) is 27.0 Å². The predicted molar refractivity (Wildman–Crippen MR) is 78.3 cm³/mol. The average Bonchev–Trinajstić information content (AvgIpc) is 2.96. The van der Waals surface area contributed by atoms with Crippen LogP contribution in [0.4, 0.5) is 0 Å². The third-order valence-corrected chi connectivity index (χ3v) is 4.04. The summed E-state index contributed by atoms with van der Waals surface area (Å²) in [6, 6.07) is 10.3. The van der Waals surface area contributed by atoms with Gasteiger partial charge in [0, 0.05) is 18.9 Å². The Bertz CT molecular complexity index is 532. The topological polar surface area (TPSA) is 50.1 Å². The van der Waals surface area contributed by atoms with Crippen molar-refractivity contribution in [3.05, 3.63) is 54.1 Å². The molecule has 1 aliphatic heterocycles. The Morgan fingerprint density at radius 3 is 2.75 bits per heavy atom. The van der Waals surface area contributed by atoms with E-state index in [-0.39, 0.29) is 0 Å². The quantitative estimate of drug-likeness (QED) is 0.894. The number of aliphatic hydroxyl groups excluding tert-OH is 1. The Kier molecular flexibility index (Phi) is 4.14. The van der Waals surface area contributed by atoms with E-state index >= 15 is 0 Å². The summed E-state index contributed by atoms with van der Waals surface area (Å²) in [5.74, 6) is 1.11. The summed E-state index contributed by atoms with van der Waals surface area (Å²) in [6.45, 7) is 2.74. The van der Waals surface area contributed by atoms with Crippen molar-refractivity contribution in [2.75, 3.05) is 13.1 Å². The van der Waals surface area contributed by atoms with Crippen LogP contribution in [0.3, 0.4) is 0 Å². The zero-order chi connectivity index (χ0) is 13.8. The van der Waals surface area contributed by atoms with E-state index in [9.17, 15) is 5.11 Å². The molecule has 106 valence electrons. The minimum atomic E-state index is -0.462. The van der Waals surface area contributed by atoms with Gasteiger partial charge >= 0.3 is 0 Å². The third kappa shape index (κ3) is 2.92. The molecule has 4 heteroatoms. The third-order valence-electron chi connectivity index (χ3n) is 4.04.